The minimum atomic E-state index is 0.202. The third-order valence-corrected chi connectivity index (χ3v) is 7.16. The second-order valence-electron chi connectivity index (χ2n) is 6.71. The van der Waals surface area contributed by atoms with Crippen molar-refractivity contribution in [1.82, 2.24) is 10.2 Å². The number of amides is 1. The fraction of sp³-hybridized carbons (Fsp3) is 0.632. The van der Waals surface area contributed by atoms with Crippen molar-refractivity contribution in [2.24, 2.45) is 5.92 Å². The van der Waals surface area contributed by atoms with Gasteiger partial charge < -0.3 is 5.32 Å². The molecule has 1 unspecified atom stereocenters. The van der Waals surface area contributed by atoms with E-state index in [1.165, 1.54) is 48.8 Å². The Labute approximate surface area is 154 Å². The van der Waals surface area contributed by atoms with Crippen LogP contribution in [0, 0.1) is 5.92 Å². The standard InChI is InChI=1S/C19H28N2OS2/c22-19(9-13-24-18-4-2-1-3-5-18)20-14-16-6-10-21(11-7-16)17-8-12-23-15-17/h1-5,16-17H,6-15H2,(H,20,22). The van der Waals surface area contributed by atoms with Gasteiger partial charge in [0.1, 0.15) is 0 Å². The first-order chi connectivity index (χ1) is 11.8. The predicted molar refractivity (Wildman–Crippen MR) is 105 cm³/mol. The quantitative estimate of drug-likeness (QED) is 0.751. The maximum absolute atomic E-state index is 12.0. The highest BCUT2D eigenvalue weighted by atomic mass is 32.2. The summed E-state index contributed by atoms with van der Waals surface area (Å²) < 4.78 is 0. The fourth-order valence-electron chi connectivity index (χ4n) is 3.46. The molecule has 2 heterocycles. The van der Waals surface area contributed by atoms with Crippen molar-refractivity contribution in [2.45, 2.75) is 36.6 Å². The van der Waals surface area contributed by atoms with E-state index >= 15 is 0 Å². The number of piperidine rings is 1. The lowest BCUT2D eigenvalue weighted by Crippen LogP contribution is -2.43. The van der Waals surface area contributed by atoms with Gasteiger partial charge in [0.2, 0.25) is 5.91 Å². The molecule has 24 heavy (non-hydrogen) atoms. The molecule has 1 aromatic carbocycles. The monoisotopic (exact) mass is 364 g/mol. The summed E-state index contributed by atoms with van der Waals surface area (Å²) in [5.41, 5.74) is 0. The second kappa shape index (κ2) is 9.73. The van der Waals surface area contributed by atoms with Gasteiger partial charge in [0.15, 0.2) is 0 Å². The lowest BCUT2D eigenvalue weighted by atomic mass is 9.95. The molecule has 0 radical (unpaired) electrons. The van der Waals surface area contributed by atoms with Gasteiger partial charge in [-0.15, -0.1) is 11.8 Å². The summed E-state index contributed by atoms with van der Waals surface area (Å²) in [6.07, 6.45) is 4.45. The molecule has 2 aliphatic rings. The lowest BCUT2D eigenvalue weighted by molar-refractivity contribution is -0.120. The van der Waals surface area contributed by atoms with Gasteiger partial charge >= 0.3 is 0 Å². The van der Waals surface area contributed by atoms with Crippen LogP contribution in [0.1, 0.15) is 25.7 Å². The summed E-state index contributed by atoms with van der Waals surface area (Å²) in [5, 5.41) is 3.15. The van der Waals surface area contributed by atoms with E-state index in [1.54, 1.807) is 11.8 Å². The average Bonchev–Trinajstić information content (AvgIpc) is 3.16. The Kier molecular flexibility index (Phi) is 7.36. The highest BCUT2D eigenvalue weighted by Crippen LogP contribution is 2.26. The smallest absolute Gasteiger partial charge is 0.220 e. The maximum atomic E-state index is 12.0. The molecule has 2 aliphatic heterocycles. The third kappa shape index (κ3) is 5.71. The lowest BCUT2D eigenvalue weighted by Gasteiger charge is -2.35. The molecule has 3 nitrogen and oxygen atoms in total. The summed E-state index contributed by atoms with van der Waals surface area (Å²) in [4.78, 5) is 15.9. The zero-order chi connectivity index (χ0) is 16.6. The molecule has 5 heteroatoms. The number of hydrogen-bond donors (Lipinski definition) is 1. The Balaban J connectivity index is 1.27. The summed E-state index contributed by atoms with van der Waals surface area (Å²) in [7, 11) is 0. The molecule has 1 N–H and O–H groups in total. The second-order valence-corrected chi connectivity index (χ2v) is 9.03. The summed E-state index contributed by atoms with van der Waals surface area (Å²) in [6, 6.07) is 11.1. The number of nitrogens with one attached hydrogen (secondary N) is 1. The van der Waals surface area contributed by atoms with Crippen LogP contribution in [-0.2, 0) is 4.79 Å². The van der Waals surface area contributed by atoms with Gasteiger partial charge in [-0.2, -0.15) is 11.8 Å². The normalized spacial score (nSPS) is 22.6. The molecule has 1 aromatic rings. The van der Waals surface area contributed by atoms with Gasteiger partial charge in [-0.3, -0.25) is 9.69 Å². The highest BCUT2D eigenvalue weighted by Gasteiger charge is 2.27. The molecular weight excluding hydrogens is 336 g/mol. The van der Waals surface area contributed by atoms with Crippen molar-refractivity contribution in [1.29, 1.82) is 0 Å². The molecule has 0 spiro atoms. The topological polar surface area (TPSA) is 32.3 Å². The average molecular weight is 365 g/mol. The van der Waals surface area contributed by atoms with E-state index < -0.39 is 0 Å². The van der Waals surface area contributed by atoms with E-state index in [-0.39, 0.29) is 5.91 Å². The van der Waals surface area contributed by atoms with E-state index in [0.717, 1.165) is 18.3 Å². The van der Waals surface area contributed by atoms with Crippen molar-refractivity contribution < 1.29 is 4.79 Å². The van der Waals surface area contributed by atoms with Crippen LogP contribution in [-0.4, -0.2) is 53.7 Å². The van der Waals surface area contributed by atoms with Gasteiger partial charge in [-0.25, -0.2) is 0 Å². The Morgan fingerprint density at radius 2 is 2.00 bits per heavy atom. The van der Waals surface area contributed by atoms with E-state index in [0.29, 0.717) is 12.3 Å². The molecule has 1 atom stereocenters. The number of nitrogens with zero attached hydrogens (tertiary/aromatic N) is 1. The first kappa shape index (κ1) is 18.2. The molecule has 0 aromatic heterocycles. The van der Waals surface area contributed by atoms with Crippen molar-refractivity contribution >= 4 is 29.4 Å². The molecule has 3 rings (SSSR count). The van der Waals surface area contributed by atoms with Crippen molar-refractivity contribution in [3.63, 3.8) is 0 Å². The SMILES string of the molecule is O=C(CCSc1ccccc1)NCC1CCN(C2CCSC2)CC1. The van der Waals surface area contributed by atoms with Gasteiger partial charge in [-0.05, 0) is 56.2 Å². The Morgan fingerprint density at radius 3 is 2.71 bits per heavy atom. The van der Waals surface area contributed by atoms with Crippen LogP contribution in [0.4, 0.5) is 0 Å². The minimum absolute atomic E-state index is 0.202. The number of carbonyl (C=O) groups excluding carboxylic acids is 1. The molecule has 2 fully saturated rings. The number of thioether (sulfide) groups is 2. The number of rotatable bonds is 7. The first-order valence-corrected chi connectivity index (χ1v) is 11.2. The molecular formula is C19H28N2OS2. The van der Waals surface area contributed by atoms with Crippen LogP contribution in [0.3, 0.4) is 0 Å². The van der Waals surface area contributed by atoms with E-state index in [1.807, 2.05) is 18.2 Å². The van der Waals surface area contributed by atoms with Gasteiger partial charge in [0.05, 0.1) is 0 Å². The maximum Gasteiger partial charge on any atom is 0.220 e. The van der Waals surface area contributed by atoms with Crippen molar-refractivity contribution in [2.75, 3.05) is 36.9 Å². The van der Waals surface area contributed by atoms with E-state index in [9.17, 15) is 4.79 Å². The number of likely N-dealkylation sites (tertiary alicyclic amines) is 1. The highest BCUT2D eigenvalue weighted by molar-refractivity contribution is 7.99. The Bertz CT molecular complexity index is 497. The van der Waals surface area contributed by atoms with Gasteiger partial charge in [0, 0.05) is 35.4 Å². The predicted octanol–water partition coefficient (Wildman–Crippen LogP) is 3.50. The Morgan fingerprint density at radius 1 is 1.21 bits per heavy atom. The largest absolute Gasteiger partial charge is 0.356 e. The third-order valence-electron chi connectivity index (χ3n) is 5.00. The van der Waals surface area contributed by atoms with Crippen LogP contribution >= 0.6 is 23.5 Å². The molecule has 2 saturated heterocycles. The van der Waals surface area contributed by atoms with Crippen molar-refractivity contribution in [3.8, 4) is 0 Å². The molecule has 1 amide bonds. The number of benzene rings is 1. The zero-order valence-electron chi connectivity index (χ0n) is 14.3. The summed E-state index contributed by atoms with van der Waals surface area (Å²) in [6.45, 7) is 3.30. The van der Waals surface area contributed by atoms with E-state index in [4.69, 9.17) is 0 Å². The fourth-order valence-corrected chi connectivity index (χ4v) is 5.58. The van der Waals surface area contributed by atoms with Gasteiger partial charge in [0.25, 0.3) is 0 Å². The van der Waals surface area contributed by atoms with Crippen LogP contribution < -0.4 is 5.32 Å². The summed E-state index contributed by atoms with van der Waals surface area (Å²) in [5.74, 6) is 4.38. The Hall–Kier alpha value is -0.650. The van der Waals surface area contributed by atoms with Gasteiger partial charge in [-0.1, -0.05) is 18.2 Å². The van der Waals surface area contributed by atoms with Crippen LogP contribution in [0.15, 0.2) is 35.2 Å². The van der Waals surface area contributed by atoms with E-state index in [2.05, 4.69) is 34.1 Å². The molecule has 132 valence electrons. The van der Waals surface area contributed by atoms with Crippen molar-refractivity contribution in [3.05, 3.63) is 30.3 Å². The molecule has 0 aliphatic carbocycles. The first-order valence-electron chi connectivity index (χ1n) is 9.07. The molecule has 0 bridgehead atoms. The van der Waals surface area contributed by atoms with Crippen LogP contribution in [0.5, 0.6) is 0 Å². The summed E-state index contributed by atoms with van der Waals surface area (Å²) >= 11 is 3.85. The number of carbonyl (C=O) groups is 1. The molecule has 0 saturated carbocycles. The van der Waals surface area contributed by atoms with Crippen LogP contribution in [0.2, 0.25) is 0 Å². The zero-order valence-corrected chi connectivity index (χ0v) is 15.9. The number of hydrogen-bond acceptors (Lipinski definition) is 4. The van der Waals surface area contributed by atoms with Crippen LogP contribution in [0.25, 0.3) is 0 Å². The minimum Gasteiger partial charge on any atom is -0.356 e.